The number of aliphatic hydroxyl groups excluding tert-OH is 2. The van der Waals surface area contributed by atoms with E-state index in [0.29, 0.717) is 50.9 Å². The maximum atomic E-state index is 12.8. The molecule has 0 radical (unpaired) electrons. The summed E-state index contributed by atoms with van der Waals surface area (Å²) in [5.74, 6) is 3.37. The van der Waals surface area contributed by atoms with Crippen LogP contribution in [0, 0.1) is 17.4 Å². The normalized spacial score (nSPS) is 18.4. The van der Waals surface area contributed by atoms with E-state index in [4.69, 9.17) is 23.8 Å². The van der Waals surface area contributed by atoms with Gasteiger partial charge in [0.05, 0.1) is 56.3 Å². The molecule has 3 saturated heterocycles. The van der Waals surface area contributed by atoms with Crippen LogP contribution in [0.4, 0.5) is 57.4 Å². The third-order valence-electron chi connectivity index (χ3n) is 14.7. The first kappa shape index (κ1) is 62.9. The summed E-state index contributed by atoms with van der Waals surface area (Å²) in [4.78, 5) is 42.2. The number of carbonyl (C=O) groups is 2. The number of ether oxygens (including phenoxy) is 2. The molecule has 0 unspecified atom stereocenters. The molecule has 5 aliphatic heterocycles. The van der Waals surface area contributed by atoms with Crippen LogP contribution in [0.5, 0.6) is 0 Å². The quantitative estimate of drug-likeness (QED) is 0.0397. The fourth-order valence-electron chi connectivity index (χ4n) is 9.29. The van der Waals surface area contributed by atoms with E-state index in [1.54, 1.807) is 26.0 Å². The number of benzene rings is 2. The zero-order chi connectivity index (χ0) is 58.6. The summed E-state index contributed by atoms with van der Waals surface area (Å²) in [6, 6.07) is 19.0. The first-order chi connectivity index (χ1) is 38.3. The molecule has 18 nitrogen and oxygen atoms in total. The number of alkyl halides is 3. The molecule has 0 saturated carbocycles. The number of amides is 4. The van der Waals surface area contributed by atoms with Crippen molar-refractivity contribution in [3.05, 3.63) is 98.7 Å². The zero-order valence-electron chi connectivity index (χ0n) is 48.0. The number of aromatic nitrogens is 2. The lowest BCUT2D eigenvalue weighted by molar-refractivity contribution is -0.127. The maximum Gasteiger partial charge on any atom is 0.495 e. The second-order valence-electron chi connectivity index (χ2n) is 22.0. The van der Waals surface area contributed by atoms with Crippen molar-refractivity contribution in [2.75, 3.05) is 123 Å². The number of nitrogens with one attached hydrogen (secondary N) is 4. The Kier molecular flexibility index (Phi) is 21.8. The Bertz CT molecular complexity index is 2850. The van der Waals surface area contributed by atoms with Gasteiger partial charge in [0.1, 0.15) is 23.3 Å². The zero-order valence-corrected chi connectivity index (χ0v) is 50.2. The van der Waals surface area contributed by atoms with E-state index in [1.807, 2.05) is 75.9 Å². The van der Waals surface area contributed by atoms with Gasteiger partial charge in [-0.05, 0) is 161 Å². The van der Waals surface area contributed by atoms with Gasteiger partial charge in [-0.2, -0.15) is 13.2 Å². The molecule has 0 spiro atoms. The average Bonchev–Trinajstić information content (AvgIpc) is 4.32. The molecule has 2 aromatic heterocycles. The van der Waals surface area contributed by atoms with Gasteiger partial charge in [-0.3, -0.25) is 0 Å². The van der Waals surface area contributed by atoms with Gasteiger partial charge in [0.2, 0.25) is 0 Å². The molecule has 9 rings (SSSR count). The average molecular weight is 1240 g/mol. The third-order valence-corrected chi connectivity index (χ3v) is 15.3. The molecule has 2 atom stereocenters. The molecule has 23 heteroatoms. The lowest BCUT2D eigenvalue weighted by Crippen LogP contribution is -2.41. The van der Waals surface area contributed by atoms with Crippen LogP contribution in [0.25, 0.3) is 11.1 Å². The van der Waals surface area contributed by atoms with Gasteiger partial charge in [-0.1, -0.05) is 42.3 Å². The number of halogens is 4. The molecule has 3 fully saturated rings. The van der Waals surface area contributed by atoms with Gasteiger partial charge in [-0.25, -0.2) is 19.6 Å². The van der Waals surface area contributed by atoms with Gasteiger partial charge in [-0.15, -0.1) is 0 Å². The highest BCUT2D eigenvalue weighted by Gasteiger charge is 2.52. The fourth-order valence-corrected chi connectivity index (χ4v) is 9.86. The number of morpholine rings is 2. The number of pyridine rings is 2. The first-order valence-electron chi connectivity index (χ1n) is 27.7. The van der Waals surface area contributed by atoms with Crippen molar-refractivity contribution in [2.45, 2.75) is 105 Å². The number of anilines is 6. The van der Waals surface area contributed by atoms with Crippen molar-refractivity contribution < 1.29 is 51.8 Å². The predicted octanol–water partition coefficient (Wildman–Crippen LogP) is 9.21. The fraction of sp³-hybridized carbons (Fsp3) is 0.517. The summed E-state index contributed by atoms with van der Waals surface area (Å²) in [6.07, 6.45) is -1.57. The number of hydrogen-bond donors (Lipinski definition) is 6. The molecular formula is C58H79BF3IN10O8. The van der Waals surface area contributed by atoms with E-state index in [0.717, 1.165) is 100 Å². The van der Waals surface area contributed by atoms with Gasteiger partial charge in [0.25, 0.3) is 0 Å². The Hall–Kier alpha value is -5.70. The smallest absolute Gasteiger partial charge is 0.399 e. The SMILES string of the molecule is CCC1=CCN(C(=O)Nc2ccc(C)c(-c3cc(NC[C@@H](C)O)nc(N4CCOCC4)c3)c2)C1.C[C@@H](O)CNc1cc(I)cc(N2CCOCC2)n1.Cc1ccc(NC(=O)N2CC=C(CC(F)(F)F)C2)cc1B1OC(C)(C)C(C)(C)O1. The molecule has 0 bridgehead atoms. The summed E-state index contributed by atoms with van der Waals surface area (Å²) in [5, 5.41) is 31.2. The van der Waals surface area contributed by atoms with Crippen molar-refractivity contribution in [3.63, 3.8) is 0 Å². The second kappa shape index (κ2) is 28.1. The lowest BCUT2D eigenvalue weighted by atomic mass is 9.76. The van der Waals surface area contributed by atoms with Crippen LogP contribution in [0.1, 0.15) is 72.4 Å². The monoisotopic (exact) mass is 1240 g/mol. The molecule has 0 aliphatic carbocycles. The number of aryl methyl sites for hydroxylation is 2. The molecule has 4 aromatic rings. The van der Waals surface area contributed by atoms with Gasteiger partial charge >= 0.3 is 25.4 Å². The number of rotatable bonds is 14. The van der Waals surface area contributed by atoms with Crippen LogP contribution < -0.4 is 36.5 Å². The van der Waals surface area contributed by atoms with E-state index < -0.39 is 43.1 Å². The van der Waals surface area contributed by atoms with Crippen molar-refractivity contribution in [3.8, 4) is 11.1 Å². The Morgan fingerprint density at radius 2 is 1.19 bits per heavy atom. The summed E-state index contributed by atoms with van der Waals surface area (Å²) in [6.45, 7) is 26.0. The highest BCUT2D eigenvalue weighted by Crippen LogP contribution is 2.37. The minimum absolute atomic E-state index is 0.0265. The summed E-state index contributed by atoms with van der Waals surface area (Å²) < 4.78 is 61.8. The van der Waals surface area contributed by atoms with E-state index in [9.17, 15) is 33.0 Å². The maximum absolute atomic E-state index is 12.8. The molecule has 6 N–H and O–H groups in total. The van der Waals surface area contributed by atoms with Crippen molar-refractivity contribution in [2.24, 2.45) is 0 Å². The minimum Gasteiger partial charge on any atom is -0.399 e. The number of urea groups is 2. The van der Waals surface area contributed by atoms with Crippen LogP contribution in [0.3, 0.4) is 0 Å². The number of carbonyl (C=O) groups excluding carboxylic acids is 2. The van der Waals surface area contributed by atoms with Crippen LogP contribution in [0.15, 0.2) is 84.0 Å². The van der Waals surface area contributed by atoms with Crippen LogP contribution >= 0.6 is 22.6 Å². The van der Waals surface area contributed by atoms with Crippen LogP contribution in [-0.4, -0.2) is 171 Å². The van der Waals surface area contributed by atoms with E-state index >= 15 is 0 Å². The molecule has 5 aliphatic rings. The number of aliphatic hydroxyl groups is 2. The number of nitrogens with zero attached hydrogens (tertiary/aromatic N) is 6. The summed E-state index contributed by atoms with van der Waals surface area (Å²) in [7, 11) is -0.566. The van der Waals surface area contributed by atoms with Gasteiger partial charge in [0, 0.05) is 80.4 Å². The second-order valence-corrected chi connectivity index (χ2v) is 23.2. The largest absolute Gasteiger partial charge is 0.495 e. The molecule has 7 heterocycles. The van der Waals surface area contributed by atoms with Crippen LogP contribution in [0.2, 0.25) is 0 Å². The standard InChI is InChI=1S/C26H35N5O3.C20H26BF3N2O3.C12H18IN3O2/c1-4-20-7-8-31(17-20)26(33)28-22-6-5-18(2)23(15-22)21-13-24(27-16-19(3)32)29-25(14-21)30-9-11-34-12-10-30;1-13-6-7-15(10-16(13)21-28-18(2,3)19(4,5)29-21)25-17(27)26-9-8-14(12-26)11-20(22,23)24;1-9(17)8-14-11-6-10(13)7-12(15-11)16-2-4-18-5-3-16/h5-7,13-15,19,32H,4,8-12,16-17H2,1-3H3,(H,27,29)(H,28,33);6-8,10H,9,11-12H2,1-5H3,(H,25,27);6-7,9,17H,2-5,8H2,1H3,(H,14,15)/t19-;;9-/m1.1/s1. The number of hydrogen-bond acceptors (Lipinski definition) is 14. The lowest BCUT2D eigenvalue weighted by Gasteiger charge is -2.32. The van der Waals surface area contributed by atoms with Crippen LogP contribution in [-0.2, 0) is 18.8 Å². The van der Waals surface area contributed by atoms with E-state index in [1.165, 1.54) is 16.5 Å². The summed E-state index contributed by atoms with van der Waals surface area (Å²) in [5.41, 5.74) is 6.73. The highest BCUT2D eigenvalue weighted by atomic mass is 127. The topological polar surface area (TPSA) is 198 Å². The Labute approximate surface area is 488 Å². The first-order valence-corrected chi connectivity index (χ1v) is 28.7. The summed E-state index contributed by atoms with van der Waals surface area (Å²) >= 11 is 2.28. The highest BCUT2D eigenvalue weighted by molar-refractivity contribution is 14.1. The van der Waals surface area contributed by atoms with E-state index in [-0.39, 0.29) is 30.8 Å². The van der Waals surface area contributed by atoms with Crippen molar-refractivity contribution in [1.82, 2.24) is 19.8 Å². The molecule has 81 heavy (non-hydrogen) atoms. The Morgan fingerprint density at radius 3 is 1.69 bits per heavy atom. The minimum atomic E-state index is -4.27. The molecule has 4 amide bonds. The van der Waals surface area contributed by atoms with E-state index in [2.05, 4.69) is 90.7 Å². The third kappa shape index (κ3) is 18.1. The van der Waals surface area contributed by atoms with Gasteiger partial charge in [0.15, 0.2) is 0 Å². The van der Waals surface area contributed by atoms with Crippen molar-refractivity contribution >= 4 is 81.9 Å². The Morgan fingerprint density at radius 1 is 0.704 bits per heavy atom. The van der Waals surface area contributed by atoms with Gasteiger partial charge < -0.3 is 69.9 Å². The molecular weight excluding hydrogens is 1160 g/mol. The predicted molar refractivity (Wildman–Crippen MR) is 323 cm³/mol. The Balaban J connectivity index is 0.000000183. The molecule has 2 aromatic carbocycles. The van der Waals surface area contributed by atoms with Crippen molar-refractivity contribution in [1.29, 1.82) is 0 Å². The molecule has 440 valence electrons.